The van der Waals surface area contributed by atoms with E-state index in [1.54, 1.807) is 0 Å². The van der Waals surface area contributed by atoms with Gasteiger partial charge in [0.25, 0.3) is 0 Å². The molecule has 0 aliphatic heterocycles. The molecule has 3 aromatic carbocycles. The van der Waals surface area contributed by atoms with E-state index in [1.165, 1.54) is 47.6 Å². The fourth-order valence-electron chi connectivity index (χ4n) is 3.40. The third kappa shape index (κ3) is 4.22. The molecule has 0 radical (unpaired) electrons. The summed E-state index contributed by atoms with van der Waals surface area (Å²) >= 11 is 0. The van der Waals surface area contributed by atoms with Gasteiger partial charge in [0.15, 0.2) is 0 Å². The Morgan fingerprint density at radius 1 is 0.739 bits per heavy atom. The Labute approximate surface area is 140 Å². The summed E-state index contributed by atoms with van der Waals surface area (Å²) in [6.45, 7) is 2.28. The van der Waals surface area contributed by atoms with Crippen LogP contribution < -0.4 is 0 Å². The lowest BCUT2D eigenvalue weighted by molar-refractivity contribution is 0.563. The van der Waals surface area contributed by atoms with Crippen LogP contribution in [0.3, 0.4) is 0 Å². The predicted octanol–water partition coefficient (Wildman–Crippen LogP) is 6.75. The van der Waals surface area contributed by atoms with Gasteiger partial charge in [-0.25, -0.2) is 0 Å². The minimum Gasteiger partial charge on any atom is -0.0654 e. The number of rotatable bonds is 7. The van der Waals surface area contributed by atoms with Crippen LogP contribution in [0.25, 0.3) is 10.8 Å². The lowest BCUT2D eigenvalue weighted by Crippen LogP contribution is -2.03. The molecule has 0 aliphatic rings. The fraction of sp³-hybridized carbons (Fsp3) is 0.304. The van der Waals surface area contributed by atoms with Gasteiger partial charge >= 0.3 is 0 Å². The molecular weight excluding hydrogens is 276 g/mol. The summed E-state index contributed by atoms with van der Waals surface area (Å²) in [6.07, 6.45) is 6.37. The molecule has 0 heterocycles. The van der Waals surface area contributed by atoms with Gasteiger partial charge < -0.3 is 0 Å². The van der Waals surface area contributed by atoms with Crippen LogP contribution >= 0.6 is 0 Å². The van der Waals surface area contributed by atoms with Crippen LogP contribution in [0.4, 0.5) is 0 Å². The van der Waals surface area contributed by atoms with Crippen LogP contribution in [0.1, 0.15) is 49.7 Å². The van der Waals surface area contributed by atoms with Crippen LogP contribution in [0.15, 0.2) is 72.8 Å². The second kappa shape index (κ2) is 7.97. The summed E-state index contributed by atoms with van der Waals surface area (Å²) in [5.41, 5.74) is 2.94. The van der Waals surface area contributed by atoms with Crippen LogP contribution in [0.2, 0.25) is 0 Å². The molecule has 23 heavy (non-hydrogen) atoms. The Balaban J connectivity index is 1.81. The van der Waals surface area contributed by atoms with Crippen molar-refractivity contribution in [3.8, 4) is 0 Å². The zero-order chi connectivity index (χ0) is 15.9. The standard InChI is InChI=1S/C23H26/c1-2-3-5-13-22(20-10-6-4-7-11-20)17-19-15-16-21-12-8-9-14-23(21)18-19/h4,6-12,14-16,18,22H,2-3,5,13,17H2,1H3. The number of hydrogen-bond donors (Lipinski definition) is 0. The first-order valence-electron chi connectivity index (χ1n) is 8.89. The Morgan fingerprint density at radius 3 is 2.26 bits per heavy atom. The highest BCUT2D eigenvalue weighted by Crippen LogP contribution is 2.28. The Bertz CT molecular complexity index is 727. The topological polar surface area (TPSA) is 0 Å². The first kappa shape index (κ1) is 15.8. The summed E-state index contributed by atoms with van der Waals surface area (Å²) in [7, 11) is 0. The quantitative estimate of drug-likeness (QED) is 0.424. The third-order valence-electron chi connectivity index (χ3n) is 4.72. The zero-order valence-corrected chi connectivity index (χ0v) is 14.0. The third-order valence-corrected chi connectivity index (χ3v) is 4.72. The van der Waals surface area contributed by atoms with Gasteiger partial charge in [-0.1, -0.05) is 99.0 Å². The van der Waals surface area contributed by atoms with Crippen molar-refractivity contribution in [3.05, 3.63) is 83.9 Å². The van der Waals surface area contributed by atoms with Gasteiger partial charge in [-0.05, 0) is 40.7 Å². The molecule has 1 unspecified atom stereocenters. The van der Waals surface area contributed by atoms with Gasteiger partial charge in [0.2, 0.25) is 0 Å². The molecule has 3 aromatic rings. The van der Waals surface area contributed by atoms with E-state index in [4.69, 9.17) is 0 Å². The number of unbranched alkanes of at least 4 members (excludes halogenated alkanes) is 2. The van der Waals surface area contributed by atoms with Crippen molar-refractivity contribution in [2.24, 2.45) is 0 Å². The van der Waals surface area contributed by atoms with Crippen molar-refractivity contribution in [2.45, 2.75) is 44.9 Å². The second-order valence-corrected chi connectivity index (χ2v) is 6.49. The highest BCUT2D eigenvalue weighted by Gasteiger charge is 2.12. The maximum Gasteiger partial charge on any atom is -0.0121 e. The Morgan fingerprint density at radius 2 is 1.48 bits per heavy atom. The molecule has 0 bridgehead atoms. The van der Waals surface area contributed by atoms with Crippen molar-refractivity contribution in [1.29, 1.82) is 0 Å². The van der Waals surface area contributed by atoms with E-state index in [0.717, 1.165) is 6.42 Å². The molecule has 0 aromatic heterocycles. The van der Waals surface area contributed by atoms with Gasteiger partial charge in [-0.3, -0.25) is 0 Å². The minimum absolute atomic E-state index is 0.629. The molecular formula is C23H26. The number of hydrogen-bond acceptors (Lipinski definition) is 0. The monoisotopic (exact) mass is 302 g/mol. The average Bonchev–Trinajstić information content (AvgIpc) is 2.62. The molecule has 1 atom stereocenters. The smallest absolute Gasteiger partial charge is 0.0121 e. The molecule has 0 amide bonds. The van der Waals surface area contributed by atoms with Gasteiger partial charge in [0.05, 0.1) is 0 Å². The summed E-state index contributed by atoms with van der Waals surface area (Å²) in [4.78, 5) is 0. The van der Waals surface area contributed by atoms with Crippen molar-refractivity contribution in [3.63, 3.8) is 0 Å². The molecule has 118 valence electrons. The van der Waals surface area contributed by atoms with E-state index < -0.39 is 0 Å². The predicted molar refractivity (Wildman–Crippen MR) is 101 cm³/mol. The van der Waals surface area contributed by atoms with Crippen molar-refractivity contribution in [2.75, 3.05) is 0 Å². The average molecular weight is 302 g/mol. The van der Waals surface area contributed by atoms with E-state index in [9.17, 15) is 0 Å². The van der Waals surface area contributed by atoms with Crippen LogP contribution in [-0.4, -0.2) is 0 Å². The Hall–Kier alpha value is -2.08. The van der Waals surface area contributed by atoms with E-state index in [1.807, 2.05) is 0 Å². The lowest BCUT2D eigenvalue weighted by atomic mass is 9.87. The highest BCUT2D eigenvalue weighted by molar-refractivity contribution is 5.83. The van der Waals surface area contributed by atoms with Gasteiger partial charge in [-0.2, -0.15) is 0 Å². The SMILES string of the molecule is CCCCCC(Cc1ccc2ccccc2c1)c1ccccc1. The van der Waals surface area contributed by atoms with Gasteiger partial charge in [-0.15, -0.1) is 0 Å². The van der Waals surface area contributed by atoms with Crippen molar-refractivity contribution < 1.29 is 0 Å². The molecule has 0 fully saturated rings. The molecule has 0 aliphatic carbocycles. The first-order valence-corrected chi connectivity index (χ1v) is 8.89. The number of fused-ring (bicyclic) bond motifs is 1. The van der Waals surface area contributed by atoms with Gasteiger partial charge in [0.1, 0.15) is 0 Å². The van der Waals surface area contributed by atoms with E-state index >= 15 is 0 Å². The summed E-state index contributed by atoms with van der Waals surface area (Å²) < 4.78 is 0. The molecule has 0 N–H and O–H groups in total. The summed E-state index contributed by atoms with van der Waals surface area (Å²) in [5.74, 6) is 0.629. The largest absolute Gasteiger partial charge is 0.0654 e. The van der Waals surface area contributed by atoms with Crippen LogP contribution in [0.5, 0.6) is 0 Å². The summed E-state index contributed by atoms with van der Waals surface area (Å²) in [5, 5.41) is 2.68. The molecule has 0 saturated heterocycles. The molecule has 0 nitrogen and oxygen atoms in total. The maximum atomic E-state index is 2.37. The zero-order valence-electron chi connectivity index (χ0n) is 14.0. The highest BCUT2D eigenvalue weighted by atomic mass is 14.2. The molecule has 0 saturated carbocycles. The fourth-order valence-corrected chi connectivity index (χ4v) is 3.40. The Kier molecular flexibility index (Phi) is 5.47. The summed E-state index contributed by atoms with van der Waals surface area (Å²) in [6, 6.07) is 26.6. The maximum absolute atomic E-state index is 2.37. The second-order valence-electron chi connectivity index (χ2n) is 6.49. The van der Waals surface area contributed by atoms with Crippen LogP contribution in [0, 0.1) is 0 Å². The van der Waals surface area contributed by atoms with E-state index in [2.05, 4.69) is 79.7 Å². The number of benzene rings is 3. The molecule has 0 spiro atoms. The molecule has 0 heteroatoms. The minimum atomic E-state index is 0.629. The van der Waals surface area contributed by atoms with Crippen molar-refractivity contribution in [1.82, 2.24) is 0 Å². The van der Waals surface area contributed by atoms with E-state index in [0.29, 0.717) is 5.92 Å². The molecule has 3 rings (SSSR count). The first-order chi connectivity index (χ1) is 11.4. The lowest BCUT2D eigenvalue weighted by Gasteiger charge is -2.18. The van der Waals surface area contributed by atoms with Crippen LogP contribution in [-0.2, 0) is 6.42 Å². The van der Waals surface area contributed by atoms with Gasteiger partial charge in [0, 0.05) is 0 Å². The normalized spacial score (nSPS) is 12.4. The van der Waals surface area contributed by atoms with Crippen molar-refractivity contribution >= 4 is 10.8 Å². The van der Waals surface area contributed by atoms with E-state index in [-0.39, 0.29) is 0 Å².